The van der Waals surface area contributed by atoms with Gasteiger partial charge in [0.2, 0.25) is 0 Å². The summed E-state index contributed by atoms with van der Waals surface area (Å²) in [7, 11) is 1.83. The number of carbonyl (C=O) groups is 1. The number of ether oxygens (including phenoxy) is 1. The average molecular weight is 275 g/mol. The molecule has 7 nitrogen and oxygen atoms in total. The second-order valence-electron chi connectivity index (χ2n) is 4.16. The van der Waals surface area contributed by atoms with E-state index in [1.54, 1.807) is 23.7 Å². The first-order valence-corrected chi connectivity index (χ1v) is 6.30. The van der Waals surface area contributed by atoms with Crippen LogP contribution in [0.1, 0.15) is 12.6 Å². The summed E-state index contributed by atoms with van der Waals surface area (Å²) in [6.07, 6.45) is 1.40. The van der Waals surface area contributed by atoms with Gasteiger partial charge in [0.15, 0.2) is 0 Å². The molecule has 0 fully saturated rings. The number of aromatic nitrogens is 3. The summed E-state index contributed by atoms with van der Waals surface area (Å²) in [6.45, 7) is 2.71. The van der Waals surface area contributed by atoms with Gasteiger partial charge >= 0.3 is 6.09 Å². The maximum Gasteiger partial charge on any atom is 0.411 e. The lowest BCUT2D eigenvalue weighted by molar-refractivity contribution is 0.168. The number of hydrogen-bond donors (Lipinski definition) is 2. The van der Waals surface area contributed by atoms with Crippen LogP contribution in [0.25, 0.3) is 0 Å². The molecule has 1 aromatic heterocycles. The van der Waals surface area contributed by atoms with Gasteiger partial charge in [0.1, 0.15) is 5.69 Å². The number of hydrogen-bond acceptors (Lipinski definition) is 5. The summed E-state index contributed by atoms with van der Waals surface area (Å²) in [5, 5.41) is 13.7. The summed E-state index contributed by atoms with van der Waals surface area (Å²) in [6, 6.07) is 7.35. The van der Waals surface area contributed by atoms with Crippen molar-refractivity contribution >= 4 is 17.5 Å². The Morgan fingerprint density at radius 2 is 2.00 bits per heavy atom. The number of benzene rings is 1. The van der Waals surface area contributed by atoms with E-state index in [4.69, 9.17) is 4.74 Å². The lowest BCUT2D eigenvalue weighted by Crippen LogP contribution is -2.13. The van der Waals surface area contributed by atoms with Crippen LogP contribution >= 0.6 is 0 Å². The smallest absolute Gasteiger partial charge is 0.411 e. The van der Waals surface area contributed by atoms with Crippen LogP contribution in [0.15, 0.2) is 30.5 Å². The van der Waals surface area contributed by atoms with Gasteiger partial charge in [-0.3, -0.25) is 10.00 Å². The number of amides is 1. The van der Waals surface area contributed by atoms with E-state index in [2.05, 4.69) is 20.9 Å². The first-order chi connectivity index (χ1) is 9.67. The molecule has 0 saturated carbocycles. The quantitative estimate of drug-likeness (QED) is 0.872. The predicted octanol–water partition coefficient (Wildman–Crippen LogP) is 2.00. The SMILES string of the molecule is CCOC(=O)Nc1ccc(NCc2cn(C)nn2)cc1. The largest absolute Gasteiger partial charge is 0.450 e. The minimum absolute atomic E-state index is 0.351. The van der Waals surface area contributed by atoms with Crippen LogP contribution in [0.4, 0.5) is 16.2 Å². The predicted molar refractivity (Wildman–Crippen MR) is 75.4 cm³/mol. The molecular weight excluding hydrogens is 258 g/mol. The van der Waals surface area contributed by atoms with Crippen molar-refractivity contribution in [3.05, 3.63) is 36.2 Å². The van der Waals surface area contributed by atoms with Crippen LogP contribution in [0.5, 0.6) is 0 Å². The third kappa shape index (κ3) is 3.98. The highest BCUT2D eigenvalue weighted by Crippen LogP contribution is 2.14. The van der Waals surface area contributed by atoms with E-state index in [-0.39, 0.29) is 0 Å². The molecule has 0 aliphatic rings. The molecule has 7 heteroatoms. The van der Waals surface area contributed by atoms with Gasteiger partial charge in [-0.25, -0.2) is 4.79 Å². The van der Waals surface area contributed by atoms with E-state index >= 15 is 0 Å². The van der Waals surface area contributed by atoms with Crippen molar-refractivity contribution < 1.29 is 9.53 Å². The molecule has 0 bridgehead atoms. The van der Waals surface area contributed by atoms with Gasteiger partial charge < -0.3 is 10.1 Å². The fraction of sp³-hybridized carbons (Fsp3) is 0.308. The van der Waals surface area contributed by atoms with Gasteiger partial charge in [0.05, 0.1) is 13.2 Å². The van der Waals surface area contributed by atoms with Crippen molar-refractivity contribution in [3.63, 3.8) is 0 Å². The number of anilines is 2. The number of nitrogens with one attached hydrogen (secondary N) is 2. The minimum Gasteiger partial charge on any atom is -0.450 e. The van der Waals surface area contributed by atoms with E-state index in [0.29, 0.717) is 18.8 Å². The highest BCUT2D eigenvalue weighted by atomic mass is 16.5. The summed E-state index contributed by atoms with van der Waals surface area (Å²) < 4.78 is 6.46. The molecule has 106 valence electrons. The average Bonchev–Trinajstić information content (AvgIpc) is 2.84. The molecule has 0 unspecified atom stereocenters. The molecule has 2 aromatic rings. The van der Waals surface area contributed by atoms with Gasteiger partial charge in [-0.1, -0.05) is 5.21 Å². The zero-order valence-electron chi connectivity index (χ0n) is 11.5. The summed E-state index contributed by atoms with van der Waals surface area (Å²) in [5.41, 5.74) is 2.49. The molecule has 20 heavy (non-hydrogen) atoms. The normalized spacial score (nSPS) is 10.1. The summed E-state index contributed by atoms with van der Waals surface area (Å²) >= 11 is 0. The lowest BCUT2D eigenvalue weighted by Gasteiger charge is -2.07. The lowest BCUT2D eigenvalue weighted by atomic mass is 10.2. The van der Waals surface area contributed by atoms with Crippen LogP contribution in [-0.4, -0.2) is 27.7 Å². The molecule has 0 saturated heterocycles. The van der Waals surface area contributed by atoms with Crippen LogP contribution in [0.3, 0.4) is 0 Å². The standard InChI is InChI=1S/C13H17N5O2/c1-3-20-13(19)15-11-6-4-10(5-7-11)14-8-12-9-18(2)17-16-12/h4-7,9,14H,3,8H2,1-2H3,(H,15,19). The topological polar surface area (TPSA) is 81.1 Å². The van der Waals surface area contributed by atoms with Crippen LogP contribution < -0.4 is 10.6 Å². The van der Waals surface area contributed by atoms with Gasteiger partial charge in [0, 0.05) is 24.6 Å². The van der Waals surface area contributed by atoms with Crippen molar-refractivity contribution in [2.24, 2.45) is 7.05 Å². The Balaban J connectivity index is 1.86. The first-order valence-electron chi connectivity index (χ1n) is 6.30. The van der Waals surface area contributed by atoms with Crippen molar-refractivity contribution in [3.8, 4) is 0 Å². The van der Waals surface area contributed by atoms with Crippen molar-refractivity contribution in [1.82, 2.24) is 15.0 Å². The molecule has 2 rings (SSSR count). The van der Waals surface area contributed by atoms with Crippen molar-refractivity contribution in [1.29, 1.82) is 0 Å². The fourth-order valence-electron chi connectivity index (χ4n) is 1.63. The molecule has 0 aliphatic heterocycles. The van der Waals surface area contributed by atoms with Crippen molar-refractivity contribution in [2.45, 2.75) is 13.5 Å². The second kappa shape index (κ2) is 6.55. The Labute approximate surface area is 116 Å². The summed E-state index contributed by atoms with van der Waals surface area (Å²) in [5.74, 6) is 0. The molecular formula is C13H17N5O2. The van der Waals surface area contributed by atoms with E-state index in [1.165, 1.54) is 0 Å². The fourth-order valence-corrected chi connectivity index (χ4v) is 1.63. The Kier molecular flexibility index (Phi) is 4.54. The molecule has 1 amide bonds. The van der Waals surface area contributed by atoms with E-state index < -0.39 is 6.09 Å². The summed E-state index contributed by atoms with van der Waals surface area (Å²) in [4.78, 5) is 11.2. The Morgan fingerprint density at radius 3 is 2.60 bits per heavy atom. The molecule has 0 radical (unpaired) electrons. The number of aryl methyl sites for hydroxylation is 1. The number of carbonyl (C=O) groups excluding carboxylic acids is 1. The van der Waals surface area contributed by atoms with Crippen LogP contribution in [-0.2, 0) is 18.3 Å². The Bertz CT molecular complexity index is 564. The van der Waals surface area contributed by atoms with Crippen LogP contribution in [0, 0.1) is 0 Å². The maximum absolute atomic E-state index is 11.2. The third-order valence-corrected chi connectivity index (χ3v) is 2.53. The minimum atomic E-state index is -0.451. The second-order valence-corrected chi connectivity index (χ2v) is 4.16. The first kappa shape index (κ1) is 13.9. The van der Waals surface area contributed by atoms with Crippen LogP contribution in [0.2, 0.25) is 0 Å². The van der Waals surface area contributed by atoms with Gasteiger partial charge in [0.25, 0.3) is 0 Å². The zero-order chi connectivity index (χ0) is 14.4. The van der Waals surface area contributed by atoms with E-state index in [1.807, 2.05) is 25.4 Å². The zero-order valence-corrected chi connectivity index (χ0v) is 11.5. The highest BCUT2D eigenvalue weighted by molar-refractivity contribution is 5.84. The van der Waals surface area contributed by atoms with Crippen molar-refractivity contribution in [2.75, 3.05) is 17.2 Å². The molecule has 2 N–H and O–H groups in total. The molecule has 0 atom stereocenters. The monoisotopic (exact) mass is 275 g/mol. The Hall–Kier alpha value is -2.57. The maximum atomic E-state index is 11.2. The molecule has 1 heterocycles. The third-order valence-electron chi connectivity index (χ3n) is 2.53. The Morgan fingerprint density at radius 1 is 1.30 bits per heavy atom. The molecule has 0 aliphatic carbocycles. The van der Waals surface area contributed by atoms with Gasteiger partial charge in [-0.2, -0.15) is 0 Å². The van der Waals surface area contributed by atoms with E-state index in [9.17, 15) is 4.79 Å². The van der Waals surface area contributed by atoms with Gasteiger partial charge in [-0.15, -0.1) is 5.10 Å². The number of rotatable bonds is 5. The molecule has 0 spiro atoms. The highest BCUT2D eigenvalue weighted by Gasteiger charge is 2.02. The van der Waals surface area contributed by atoms with Gasteiger partial charge in [-0.05, 0) is 31.2 Å². The number of nitrogens with zero attached hydrogens (tertiary/aromatic N) is 3. The molecule has 1 aromatic carbocycles. The van der Waals surface area contributed by atoms with E-state index in [0.717, 1.165) is 11.4 Å².